The van der Waals surface area contributed by atoms with Crippen LogP contribution in [0.3, 0.4) is 0 Å². The Morgan fingerprint density at radius 1 is 1.70 bits per heavy atom. The highest BCUT2D eigenvalue weighted by molar-refractivity contribution is 5.58. The fourth-order valence-electron chi connectivity index (χ4n) is 1.24. The quantitative estimate of drug-likeness (QED) is 0.417. The minimum absolute atomic E-state index is 0.0780. The zero-order valence-electron chi connectivity index (χ0n) is 5.92. The molecular formula is C8H11NO. The van der Waals surface area contributed by atoms with Gasteiger partial charge in [-0.2, -0.15) is 0 Å². The molecule has 2 nitrogen and oxygen atoms in total. The molecule has 0 aliphatic carbocycles. The first kappa shape index (κ1) is 7.10. The lowest BCUT2D eigenvalue weighted by atomic mass is 10.2. The average Bonchev–Trinajstić information content (AvgIpc) is 2.36. The van der Waals surface area contributed by atoms with Crippen LogP contribution in [0, 0.1) is 0 Å². The molecule has 0 amide bonds. The molecule has 0 bridgehead atoms. The van der Waals surface area contributed by atoms with Gasteiger partial charge in [0, 0.05) is 12.7 Å². The van der Waals surface area contributed by atoms with E-state index in [0.717, 1.165) is 25.7 Å². The molecule has 1 heterocycles. The fraction of sp³-hybridized carbons (Fsp3) is 0.500. The van der Waals surface area contributed by atoms with Gasteiger partial charge in [0.1, 0.15) is 6.29 Å². The summed E-state index contributed by atoms with van der Waals surface area (Å²) in [5, 5.41) is 0. The van der Waals surface area contributed by atoms with E-state index in [1.807, 2.05) is 4.90 Å². The first-order chi connectivity index (χ1) is 4.88. The van der Waals surface area contributed by atoms with Gasteiger partial charge < -0.3 is 9.69 Å². The van der Waals surface area contributed by atoms with Crippen molar-refractivity contribution in [2.24, 2.45) is 0 Å². The summed E-state index contributed by atoms with van der Waals surface area (Å²) in [5.41, 5.74) is 2.67. The van der Waals surface area contributed by atoms with Gasteiger partial charge in [0.2, 0.25) is 0 Å². The number of hydrogen-bond acceptors (Lipinski definition) is 2. The van der Waals surface area contributed by atoms with Crippen LogP contribution in [0.2, 0.25) is 0 Å². The monoisotopic (exact) mass is 137 g/mol. The van der Waals surface area contributed by atoms with Crippen molar-refractivity contribution >= 4 is 6.29 Å². The first-order valence-corrected chi connectivity index (χ1v) is 3.45. The molecule has 0 spiro atoms. The summed E-state index contributed by atoms with van der Waals surface area (Å²) in [6, 6.07) is 0.0780. The maximum absolute atomic E-state index is 10.4. The third-order valence-corrected chi connectivity index (χ3v) is 1.76. The van der Waals surface area contributed by atoms with Gasteiger partial charge in [0.25, 0.3) is 0 Å². The van der Waals surface area contributed by atoms with Crippen molar-refractivity contribution in [3.8, 4) is 0 Å². The molecule has 0 aromatic carbocycles. The van der Waals surface area contributed by atoms with Crippen LogP contribution in [0.5, 0.6) is 0 Å². The molecule has 0 saturated carbocycles. The van der Waals surface area contributed by atoms with Crippen LogP contribution in [0.4, 0.5) is 0 Å². The summed E-state index contributed by atoms with van der Waals surface area (Å²) in [5.74, 6) is 0. The highest BCUT2D eigenvalue weighted by atomic mass is 16.1. The van der Waals surface area contributed by atoms with E-state index in [1.54, 1.807) is 6.20 Å². The first-order valence-electron chi connectivity index (χ1n) is 3.45. The summed E-state index contributed by atoms with van der Waals surface area (Å²) in [7, 11) is 0. The molecular weight excluding hydrogens is 126 g/mol. The Bertz CT molecular complexity index is 170. The van der Waals surface area contributed by atoms with Crippen LogP contribution in [0.15, 0.2) is 18.5 Å². The minimum atomic E-state index is 0.0780. The Morgan fingerprint density at radius 2 is 2.50 bits per heavy atom. The van der Waals surface area contributed by atoms with Crippen LogP contribution < -0.4 is 0 Å². The van der Waals surface area contributed by atoms with Crippen LogP contribution in [-0.2, 0) is 4.79 Å². The Balaban J connectivity index is 2.57. The molecule has 1 atom stereocenters. The fourth-order valence-corrected chi connectivity index (χ4v) is 1.24. The molecule has 1 aliphatic heterocycles. The van der Waals surface area contributed by atoms with Crippen molar-refractivity contribution < 1.29 is 4.79 Å². The molecule has 0 radical (unpaired) electrons. The van der Waals surface area contributed by atoms with Gasteiger partial charge in [-0.1, -0.05) is 6.58 Å². The Labute approximate surface area is 60.8 Å². The van der Waals surface area contributed by atoms with E-state index in [-0.39, 0.29) is 6.04 Å². The number of rotatable bonds is 2. The lowest BCUT2D eigenvalue weighted by molar-refractivity contribution is -0.110. The van der Waals surface area contributed by atoms with E-state index in [9.17, 15) is 4.79 Å². The lowest BCUT2D eigenvalue weighted by Gasteiger charge is -2.15. The number of carbonyl (C=O) groups excluding carboxylic acids is 1. The maximum Gasteiger partial charge on any atom is 0.142 e. The molecule has 2 heteroatoms. The van der Waals surface area contributed by atoms with Crippen LogP contribution >= 0.6 is 0 Å². The zero-order valence-corrected chi connectivity index (χ0v) is 5.92. The van der Waals surface area contributed by atoms with Gasteiger partial charge in [-0.3, -0.25) is 0 Å². The number of likely N-dealkylation sites (tertiary alicyclic amines) is 1. The van der Waals surface area contributed by atoms with Crippen molar-refractivity contribution in [2.45, 2.75) is 18.9 Å². The van der Waals surface area contributed by atoms with Gasteiger partial charge in [0.15, 0.2) is 0 Å². The number of carbonyl (C=O) groups is 1. The van der Waals surface area contributed by atoms with E-state index in [0.29, 0.717) is 0 Å². The Hall–Kier alpha value is -1.01. The van der Waals surface area contributed by atoms with Crippen LogP contribution in [0.1, 0.15) is 12.8 Å². The van der Waals surface area contributed by atoms with Crippen molar-refractivity contribution in [1.29, 1.82) is 0 Å². The lowest BCUT2D eigenvalue weighted by Crippen LogP contribution is -2.24. The molecule has 0 aromatic heterocycles. The van der Waals surface area contributed by atoms with E-state index in [4.69, 9.17) is 0 Å². The van der Waals surface area contributed by atoms with E-state index in [2.05, 4.69) is 12.3 Å². The smallest absolute Gasteiger partial charge is 0.142 e. The standard InChI is InChI=1S/C8H11NO/c1-2-5-9-6-3-4-8(9)7-10/h5,7-8H,1,3-4,6H2/t8-/m0/s1. The van der Waals surface area contributed by atoms with Gasteiger partial charge in [-0.05, 0) is 12.8 Å². The largest absolute Gasteiger partial charge is 0.361 e. The second-order valence-corrected chi connectivity index (χ2v) is 2.42. The predicted octanol–water partition coefficient (Wildman–Crippen LogP) is 0.948. The minimum Gasteiger partial charge on any atom is -0.361 e. The summed E-state index contributed by atoms with van der Waals surface area (Å²) in [4.78, 5) is 12.4. The molecule has 0 unspecified atom stereocenters. The molecule has 1 saturated heterocycles. The average molecular weight is 137 g/mol. The number of aldehydes is 1. The summed E-state index contributed by atoms with van der Waals surface area (Å²) < 4.78 is 0. The third-order valence-electron chi connectivity index (χ3n) is 1.76. The van der Waals surface area contributed by atoms with E-state index < -0.39 is 0 Å². The zero-order chi connectivity index (χ0) is 7.40. The third kappa shape index (κ3) is 1.28. The second-order valence-electron chi connectivity index (χ2n) is 2.42. The second kappa shape index (κ2) is 3.23. The normalized spacial score (nSPS) is 24.0. The molecule has 1 rings (SSSR count). The topological polar surface area (TPSA) is 20.3 Å². The number of nitrogens with zero attached hydrogens (tertiary/aromatic N) is 1. The molecule has 1 aliphatic rings. The molecule has 10 heavy (non-hydrogen) atoms. The molecule has 0 aromatic rings. The summed E-state index contributed by atoms with van der Waals surface area (Å²) in [6.07, 6.45) is 4.82. The summed E-state index contributed by atoms with van der Waals surface area (Å²) >= 11 is 0. The van der Waals surface area contributed by atoms with Gasteiger partial charge >= 0.3 is 0 Å². The summed E-state index contributed by atoms with van der Waals surface area (Å²) in [6.45, 7) is 4.42. The highest BCUT2D eigenvalue weighted by Gasteiger charge is 2.19. The van der Waals surface area contributed by atoms with Crippen LogP contribution in [0.25, 0.3) is 0 Å². The van der Waals surface area contributed by atoms with Gasteiger partial charge in [-0.15, -0.1) is 5.73 Å². The Kier molecular flexibility index (Phi) is 2.30. The number of hydrogen-bond donors (Lipinski definition) is 0. The van der Waals surface area contributed by atoms with Gasteiger partial charge in [-0.25, -0.2) is 0 Å². The van der Waals surface area contributed by atoms with E-state index in [1.165, 1.54) is 0 Å². The van der Waals surface area contributed by atoms with Crippen molar-refractivity contribution in [2.75, 3.05) is 6.54 Å². The maximum atomic E-state index is 10.4. The Morgan fingerprint density at radius 3 is 3.10 bits per heavy atom. The SMILES string of the molecule is C=C=CN1CCC[C@H]1C=O. The van der Waals surface area contributed by atoms with E-state index >= 15 is 0 Å². The van der Waals surface area contributed by atoms with Gasteiger partial charge in [0.05, 0.1) is 6.04 Å². The van der Waals surface area contributed by atoms with Crippen molar-refractivity contribution in [3.05, 3.63) is 18.5 Å². The van der Waals surface area contributed by atoms with Crippen molar-refractivity contribution in [1.82, 2.24) is 4.90 Å². The predicted molar refractivity (Wildman–Crippen MR) is 39.5 cm³/mol. The highest BCUT2D eigenvalue weighted by Crippen LogP contribution is 2.14. The molecule has 54 valence electrons. The molecule has 1 fully saturated rings. The molecule has 0 N–H and O–H groups in total. The van der Waals surface area contributed by atoms with Crippen molar-refractivity contribution in [3.63, 3.8) is 0 Å². The van der Waals surface area contributed by atoms with Crippen LogP contribution in [-0.4, -0.2) is 23.8 Å².